The second-order valence-corrected chi connectivity index (χ2v) is 9.78. The lowest BCUT2D eigenvalue weighted by Gasteiger charge is -2.37. The van der Waals surface area contributed by atoms with E-state index in [9.17, 15) is 9.59 Å². The van der Waals surface area contributed by atoms with Crippen molar-refractivity contribution in [1.29, 1.82) is 0 Å². The second-order valence-electron chi connectivity index (χ2n) is 9.78. The van der Waals surface area contributed by atoms with Crippen molar-refractivity contribution in [1.82, 2.24) is 0 Å². The highest BCUT2D eigenvalue weighted by Gasteiger charge is 2.21. The zero-order valence-corrected chi connectivity index (χ0v) is 20.2. The van der Waals surface area contributed by atoms with E-state index >= 15 is 4.39 Å². The normalized spacial score (nSPS) is 14.1. The first-order valence-corrected chi connectivity index (χ1v) is 11.7. The second kappa shape index (κ2) is 9.78. The number of hydrogen-bond acceptors (Lipinski definition) is 4. The SMILES string of the molecule is CC(C)(C)c1cccc(NC(=O)c2ccc(N3CCN(c4ccc(C(=O)O)cc4)CC3)c(F)c2)c1. The lowest BCUT2D eigenvalue weighted by atomic mass is 9.87. The number of carboxylic acid groups (broad SMARTS) is 1. The standard InChI is InChI=1S/C28H30FN3O3/c1-28(2,3)21-5-4-6-22(18-21)30-26(33)20-9-12-25(24(29)17-20)32-15-13-31(14-16-32)23-10-7-19(8-11-23)27(34)35/h4-12,17-18H,13-16H2,1-3H3,(H,30,33)(H,34,35). The fourth-order valence-electron chi connectivity index (χ4n) is 4.19. The van der Waals surface area contributed by atoms with Crippen LogP contribution in [0.15, 0.2) is 66.7 Å². The molecule has 1 aliphatic heterocycles. The Morgan fingerprint density at radius 3 is 2.09 bits per heavy atom. The molecule has 3 aromatic carbocycles. The van der Waals surface area contributed by atoms with Gasteiger partial charge in [-0.15, -0.1) is 0 Å². The van der Waals surface area contributed by atoms with Crippen LogP contribution in [0.25, 0.3) is 0 Å². The van der Waals surface area contributed by atoms with E-state index in [4.69, 9.17) is 5.11 Å². The van der Waals surface area contributed by atoms with Crippen molar-refractivity contribution in [3.63, 3.8) is 0 Å². The van der Waals surface area contributed by atoms with Crippen molar-refractivity contribution in [2.75, 3.05) is 41.3 Å². The van der Waals surface area contributed by atoms with Gasteiger partial charge in [-0.05, 0) is 65.6 Å². The van der Waals surface area contributed by atoms with Gasteiger partial charge in [0.1, 0.15) is 5.82 Å². The summed E-state index contributed by atoms with van der Waals surface area (Å²) in [5, 5.41) is 11.9. The van der Waals surface area contributed by atoms with E-state index in [1.165, 1.54) is 6.07 Å². The zero-order valence-electron chi connectivity index (χ0n) is 20.2. The molecule has 0 radical (unpaired) electrons. The number of carboxylic acids is 1. The highest BCUT2D eigenvalue weighted by molar-refractivity contribution is 6.04. The van der Waals surface area contributed by atoms with Crippen LogP contribution in [0.4, 0.5) is 21.5 Å². The van der Waals surface area contributed by atoms with Crippen LogP contribution >= 0.6 is 0 Å². The van der Waals surface area contributed by atoms with Gasteiger partial charge in [-0.3, -0.25) is 4.79 Å². The molecule has 182 valence electrons. The Balaban J connectivity index is 1.39. The van der Waals surface area contributed by atoms with Gasteiger partial charge in [-0.25, -0.2) is 9.18 Å². The van der Waals surface area contributed by atoms with E-state index in [2.05, 4.69) is 31.0 Å². The van der Waals surface area contributed by atoms with Crippen LogP contribution in [-0.4, -0.2) is 43.2 Å². The maximum Gasteiger partial charge on any atom is 0.335 e. The Hall–Kier alpha value is -3.87. The number of nitrogens with zero attached hydrogens (tertiary/aromatic N) is 2. The molecule has 1 fully saturated rings. The van der Waals surface area contributed by atoms with E-state index in [1.807, 2.05) is 29.2 Å². The van der Waals surface area contributed by atoms with Crippen LogP contribution in [0.2, 0.25) is 0 Å². The monoisotopic (exact) mass is 475 g/mol. The predicted molar refractivity (Wildman–Crippen MR) is 137 cm³/mol. The number of carbonyl (C=O) groups excluding carboxylic acids is 1. The molecule has 35 heavy (non-hydrogen) atoms. The van der Waals surface area contributed by atoms with Gasteiger partial charge in [-0.1, -0.05) is 32.9 Å². The quantitative estimate of drug-likeness (QED) is 0.517. The van der Waals surface area contributed by atoms with Crippen LogP contribution in [0, 0.1) is 5.82 Å². The number of amides is 1. The summed E-state index contributed by atoms with van der Waals surface area (Å²) < 4.78 is 15.0. The minimum atomic E-state index is -0.951. The van der Waals surface area contributed by atoms with Crippen molar-refractivity contribution in [2.24, 2.45) is 0 Å². The van der Waals surface area contributed by atoms with Crippen LogP contribution < -0.4 is 15.1 Å². The summed E-state index contributed by atoms with van der Waals surface area (Å²) in [4.78, 5) is 27.9. The third kappa shape index (κ3) is 5.62. The largest absolute Gasteiger partial charge is 0.478 e. The molecule has 1 aliphatic rings. The van der Waals surface area contributed by atoms with Crippen LogP contribution in [0.3, 0.4) is 0 Å². The Morgan fingerprint density at radius 1 is 0.857 bits per heavy atom. The number of rotatable bonds is 5. The zero-order chi connectivity index (χ0) is 25.2. The molecule has 1 amide bonds. The summed E-state index contributed by atoms with van der Waals surface area (Å²) in [6, 6.07) is 19.1. The third-order valence-corrected chi connectivity index (χ3v) is 6.30. The number of carbonyl (C=O) groups is 2. The molecule has 6 nitrogen and oxygen atoms in total. The average molecular weight is 476 g/mol. The van der Waals surface area contributed by atoms with Gasteiger partial charge in [0, 0.05) is 43.1 Å². The first kappa shape index (κ1) is 24.3. The molecule has 0 atom stereocenters. The van der Waals surface area contributed by atoms with Gasteiger partial charge in [0.05, 0.1) is 11.3 Å². The summed E-state index contributed by atoms with van der Waals surface area (Å²) in [6.45, 7) is 8.91. The molecule has 3 aromatic rings. The minimum absolute atomic E-state index is 0.0412. The first-order valence-electron chi connectivity index (χ1n) is 11.7. The van der Waals surface area contributed by atoms with E-state index in [-0.39, 0.29) is 22.4 Å². The van der Waals surface area contributed by atoms with Crippen molar-refractivity contribution >= 4 is 28.9 Å². The highest BCUT2D eigenvalue weighted by atomic mass is 19.1. The predicted octanol–water partition coefficient (Wildman–Crippen LogP) is 5.40. The lowest BCUT2D eigenvalue weighted by molar-refractivity contribution is 0.0696. The van der Waals surface area contributed by atoms with Crippen molar-refractivity contribution in [3.05, 3.63) is 89.2 Å². The number of hydrogen-bond donors (Lipinski definition) is 2. The van der Waals surface area contributed by atoms with Crippen LogP contribution in [0.5, 0.6) is 0 Å². The molecule has 0 aromatic heterocycles. The maximum absolute atomic E-state index is 15.0. The van der Waals surface area contributed by atoms with Gasteiger partial charge >= 0.3 is 5.97 Å². The molecule has 1 heterocycles. The van der Waals surface area contributed by atoms with Gasteiger partial charge in [0.25, 0.3) is 5.91 Å². The summed E-state index contributed by atoms with van der Waals surface area (Å²) in [7, 11) is 0. The first-order chi connectivity index (χ1) is 16.6. The topological polar surface area (TPSA) is 72.9 Å². The Labute approximate surface area is 205 Å². The molecule has 0 saturated carbocycles. The van der Waals surface area contributed by atoms with Gasteiger partial charge in [0.15, 0.2) is 0 Å². The number of nitrogens with one attached hydrogen (secondary N) is 1. The molecular formula is C28H30FN3O3. The minimum Gasteiger partial charge on any atom is -0.478 e. The van der Waals surface area contributed by atoms with Crippen molar-refractivity contribution in [3.8, 4) is 0 Å². The van der Waals surface area contributed by atoms with E-state index in [0.717, 1.165) is 11.3 Å². The smallest absolute Gasteiger partial charge is 0.335 e. The molecule has 7 heteroatoms. The Kier molecular flexibility index (Phi) is 6.78. The number of halogens is 1. The molecule has 4 rings (SSSR count). The molecule has 0 aliphatic carbocycles. The van der Waals surface area contributed by atoms with Crippen molar-refractivity contribution < 1.29 is 19.1 Å². The van der Waals surface area contributed by atoms with Gasteiger partial charge in [-0.2, -0.15) is 0 Å². The summed E-state index contributed by atoms with van der Waals surface area (Å²) in [5.41, 5.74) is 3.67. The van der Waals surface area contributed by atoms with E-state index in [1.54, 1.807) is 36.4 Å². The van der Waals surface area contributed by atoms with Crippen LogP contribution in [-0.2, 0) is 5.41 Å². The Morgan fingerprint density at radius 2 is 1.49 bits per heavy atom. The summed E-state index contributed by atoms with van der Waals surface area (Å²) in [5.74, 6) is -1.73. The average Bonchev–Trinajstić information content (AvgIpc) is 2.84. The summed E-state index contributed by atoms with van der Waals surface area (Å²) in [6.07, 6.45) is 0. The number of anilines is 3. The number of piperazine rings is 1. The van der Waals surface area contributed by atoms with E-state index < -0.39 is 11.8 Å². The maximum atomic E-state index is 15.0. The van der Waals surface area contributed by atoms with Crippen LogP contribution in [0.1, 0.15) is 47.1 Å². The summed E-state index contributed by atoms with van der Waals surface area (Å²) >= 11 is 0. The molecular weight excluding hydrogens is 445 g/mol. The van der Waals surface area contributed by atoms with Gasteiger partial charge in [0.2, 0.25) is 0 Å². The number of benzene rings is 3. The molecule has 2 N–H and O–H groups in total. The van der Waals surface area contributed by atoms with Crippen molar-refractivity contribution in [2.45, 2.75) is 26.2 Å². The van der Waals surface area contributed by atoms with Gasteiger partial charge < -0.3 is 20.2 Å². The Bertz CT molecular complexity index is 1230. The van der Waals surface area contributed by atoms with E-state index in [0.29, 0.717) is 37.6 Å². The lowest BCUT2D eigenvalue weighted by Crippen LogP contribution is -2.46. The third-order valence-electron chi connectivity index (χ3n) is 6.30. The fraction of sp³-hybridized carbons (Fsp3) is 0.286. The molecule has 0 bridgehead atoms. The molecule has 1 saturated heterocycles. The highest BCUT2D eigenvalue weighted by Crippen LogP contribution is 2.27. The fourth-order valence-corrected chi connectivity index (χ4v) is 4.19. The molecule has 0 spiro atoms. The molecule has 0 unspecified atom stereocenters. The number of aromatic carboxylic acids is 1.